The summed E-state index contributed by atoms with van der Waals surface area (Å²) in [5, 5.41) is 0. The standard InChI is InChI=1S/C12H19N3O.2ClH/c1-3-11(13)12(16)15(2)9-6-10-4-7-14-8-5-10;;/h4-5,7-8,11H,3,6,9,13H2,1-2H3;2*1H/t11-;;/m0../s1. The highest BCUT2D eigenvalue weighted by Gasteiger charge is 2.15. The summed E-state index contributed by atoms with van der Waals surface area (Å²) in [7, 11) is 1.79. The van der Waals surface area contributed by atoms with E-state index in [0.717, 1.165) is 6.42 Å². The Kier molecular flexibility index (Phi) is 11.0. The van der Waals surface area contributed by atoms with E-state index in [0.29, 0.717) is 13.0 Å². The molecule has 0 fully saturated rings. The highest BCUT2D eigenvalue weighted by molar-refractivity contribution is 5.85. The first-order chi connectivity index (χ1) is 7.65. The lowest BCUT2D eigenvalue weighted by atomic mass is 10.1. The lowest BCUT2D eigenvalue weighted by molar-refractivity contribution is -0.131. The molecule has 0 saturated carbocycles. The third-order valence-corrected chi connectivity index (χ3v) is 2.62. The molecule has 0 aromatic carbocycles. The van der Waals surface area contributed by atoms with Gasteiger partial charge >= 0.3 is 0 Å². The van der Waals surface area contributed by atoms with Crippen LogP contribution in [0.3, 0.4) is 0 Å². The van der Waals surface area contributed by atoms with Gasteiger partial charge in [0.15, 0.2) is 0 Å². The van der Waals surface area contributed by atoms with Gasteiger partial charge in [-0.15, -0.1) is 24.8 Å². The summed E-state index contributed by atoms with van der Waals surface area (Å²) < 4.78 is 0. The van der Waals surface area contributed by atoms with Gasteiger partial charge in [0.05, 0.1) is 6.04 Å². The molecule has 1 heterocycles. The summed E-state index contributed by atoms with van der Waals surface area (Å²) in [6.45, 7) is 2.61. The Bertz CT molecular complexity index is 335. The number of carbonyl (C=O) groups excluding carboxylic acids is 1. The van der Waals surface area contributed by atoms with Crippen molar-refractivity contribution in [2.24, 2.45) is 5.73 Å². The molecule has 0 aliphatic rings. The number of halogens is 2. The van der Waals surface area contributed by atoms with E-state index in [1.54, 1.807) is 24.3 Å². The highest BCUT2D eigenvalue weighted by atomic mass is 35.5. The Morgan fingerprint density at radius 3 is 2.44 bits per heavy atom. The normalized spacial score (nSPS) is 10.8. The number of carbonyl (C=O) groups is 1. The van der Waals surface area contributed by atoms with Crippen molar-refractivity contribution in [3.8, 4) is 0 Å². The largest absolute Gasteiger partial charge is 0.344 e. The molecule has 2 N–H and O–H groups in total. The van der Waals surface area contributed by atoms with E-state index in [1.165, 1.54) is 5.56 Å². The molecule has 0 radical (unpaired) electrons. The molecule has 0 aliphatic heterocycles. The quantitative estimate of drug-likeness (QED) is 0.898. The maximum absolute atomic E-state index is 11.7. The van der Waals surface area contributed by atoms with E-state index in [4.69, 9.17) is 5.73 Å². The molecule has 18 heavy (non-hydrogen) atoms. The summed E-state index contributed by atoms with van der Waals surface area (Å²) in [4.78, 5) is 17.3. The molecule has 0 bridgehead atoms. The number of likely N-dealkylation sites (N-methyl/N-ethyl adjacent to an activating group) is 1. The molecule has 1 aromatic heterocycles. The SMILES string of the molecule is CC[C@H](N)C(=O)N(C)CCc1ccncc1.Cl.Cl. The number of amides is 1. The molecular weight excluding hydrogens is 273 g/mol. The van der Waals surface area contributed by atoms with Crippen molar-refractivity contribution in [1.82, 2.24) is 9.88 Å². The monoisotopic (exact) mass is 293 g/mol. The molecule has 0 unspecified atom stereocenters. The summed E-state index contributed by atoms with van der Waals surface area (Å²) in [5.74, 6) is 0.0107. The minimum atomic E-state index is -0.373. The van der Waals surface area contributed by atoms with Gasteiger partial charge in [0.25, 0.3) is 0 Å². The first-order valence-electron chi connectivity index (χ1n) is 5.54. The van der Waals surface area contributed by atoms with Crippen molar-refractivity contribution in [3.05, 3.63) is 30.1 Å². The first kappa shape index (κ1) is 19.5. The predicted octanol–water partition coefficient (Wildman–Crippen LogP) is 1.66. The Hall–Kier alpha value is -0.840. The van der Waals surface area contributed by atoms with Crippen LogP contribution in [0.4, 0.5) is 0 Å². The summed E-state index contributed by atoms with van der Waals surface area (Å²) in [5.41, 5.74) is 6.87. The zero-order valence-corrected chi connectivity index (χ0v) is 12.3. The van der Waals surface area contributed by atoms with Crippen LogP contribution in [0.5, 0.6) is 0 Å². The molecule has 0 saturated heterocycles. The fraction of sp³-hybridized carbons (Fsp3) is 0.500. The van der Waals surface area contributed by atoms with Crippen LogP contribution in [-0.4, -0.2) is 35.4 Å². The van der Waals surface area contributed by atoms with Gasteiger partial charge in [-0.2, -0.15) is 0 Å². The van der Waals surface area contributed by atoms with Crippen LogP contribution in [0.15, 0.2) is 24.5 Å². The van der Waals surface area contributed by atoms with Gasteiger partial charge in [-0.25, -0.2) is 0 Å². The zero-order chi connectivity index (χ0) is 12.0. The van der Waals surface area contributed by atoms with Crippen LogP contribution >= 0.6 is 24.8 Å². The topological polar surface area (TPSA) is 59.2 Å². The zero-order valence-electron chi connectivity index (χ0n) is 10.7. The van der Waals surface area contributed by atoms with Crippen LogP contribution < -0.4 is 5.73 Å². The molecular formula is C12H21Cl2N3O. The lowest BCUT2D eigenvalue weighted by Crippen LogP contribution is -2.42. The number of hydrogen-bond donors (Lipinski definition) is 1. The number of hydrogen-bond acceptors (Lipinski definition) is 3. The number of rotatable bonds is 5. The minimum absolute atomic E-state index is 0. The number of nitrogens with zero attached hydrogens (tertiary/aromatic N) is 2. The Labute approximate surface area is 121 Å². The van der Waals surface area contributed by atoms with Gasteiger partial charge in [-0.1, -0.05) is 6.92 Å². The van der Waals surface area contributed by atoms with Gasteiger partial charge in [0.2, 0.25) is 5.91 Å². The Balaban J connectivity index is 0. The molecule has 1 rings (SSSR count). The summed E-state index contributed by atoms with van der Waals surface area (Å²) >= 11 is 0. The van der Waals surface area contributed by atoms with Gasteiger partial charge in [0.1, 0.15) is 0 Å². The summed E-state index contributed by atoms with van der Waals surface area (Å²) in [6.07, 6.45) is 5.03. The first-order valence-corrected chi connectivity index (χ1v) is 5.54. The molecule has 1 aromatic rings. The Morgan fingerprint density at radius 1 is 1.39 bits per heavy atom. The van der Waals surface area contributed by atoms with E-state index in [1.807, 2.05) is 19.1 Å². The third kappa shape index (κ3) is 6.19. The molecule has 4 nitrogen and oxygen atoms in total. The molecule has 0 spiro atoms. The van der Waals surface area contributed by atoms with E-state index in [2.05, 4.69) is 4.98 Å². The second kappa shape index (κ2) is 10.1. The molecule has 0 aliphatic carbocycles. The maximum Gasteiger partial charge on any atom is 0.239 e. The van der Waals surface area contributed by atoms with Crippen molar-refractivity contribution in [1.29, 1.82) is 0 Å². The van der Waals surface area contributed by atoms with Crippen LogP contribution in [0.1, 0.15) is 18.9 Å². The third-order valence-electron chi connectivity index (χ3n) is 2.62. The minimum Gasteiger partial charge on any atom is -0.344 e. The van der Waals surface area contributed by atoms with Gasteiger partial charge in [0, 0.05) is 26.0 Å². The van der Waals surface area contributed by atoms with Crippen molar-refractivity contribution in [2.45, 2.75) is 25.8 Å². The second-order valence-electron chi connectivity index (χ2n) is 3.88. The van der Waals surface area contributed by atoms with E-state index in [9.17, 15) is 4.79 Å². The average Bonchev–Trinajstić information content (AvgIpc) is 2.35. The van der Waals surface area contributed by atoms with Crippen molar-refractivity contribution < 1.29 is 4.79 Å². The molecule has 1 amide bonds. The number of nitrogens with two attached hydrogens (primary N) is 1. The average molecular weight is 294 g/mol. The van der Waals surface area contributed by atoms with Crippen LogP contribution in [0.25, 0.3) is 0 Å². The van der Waals surface area contributed by atoms with Crippen LogP contribution in [0.2, 0.25) is 0 Å². The smallest absolute Gasteiger partial charge is 0.239 e. The van der Waals surface area contributed by atoms with Crippen molar-refractivity contribution >= 4 is 30.7 Å². The van der Waals surface area contributed by atoms with E-state index in [-0.39, 0.29) is 36.8 Å². The number of pyridine rings is 1. The van der Waals surface area contributed by atoms with Crippen LogP contribution in [-0.2, 0) is 11.2 Å². The summed E-state index contributed by atoms with van der Waals surface area (Å²) in [6, 6.07) is 3.54. The van der Waals surface area contributed by atoms with Gasteiger partial charge < -0.3 is 10.6 Å². The highest BCUT2D eigenvalue weighted by Crippen LogP contribution is 2.00. The second-order valence-corrected chi connectivity index (χ2v) is 3.88. The fourth-order valence-corrected chi connectivity index (χ4v) is 1.41. The van der Waals surface area contributed by atoms with Crippen molar-refractivity contribution in [3.63, 3.8) is 0 Å². The number of aromatic nitrogens is 1. The van der Waals surface area contributed by atoms with Crippen LogP contribution in [0, 0.1) is 0 Å². The maximum atomic E-state index is 11.7. The fourth-order valence-electron chi connectivity index (χ4n) is 1.41. The lowest BCUT2D eigenvalue weighted by Gasteiger charge is -2.20. The predicted molar refractivity (Wildman–Crippen MR) is 78.3 cm³/mol. The van der Waals surface area contributed by atoms with Crippen molar-refractivity contribution in [2.75, 3.05) is 13.6 Å². The molecule has 1 atom stereocenters. The van der Waals surface area contributed by atoms with E-state index < -0.39 is 0 Å². The van der Waals surface area contributed by atoms with E-state index >= 15 is 0 Å². The Morgan fingerprint density at radius 2 is 1.94 bits per heavy atom. The van der Waals surface area contributed by atoms with Gasteiger partial charge in [-0.05, 0) is 30.5 Å². The molecule has 104 valence electrons. The molecule has 6 heteroatoms. The van der Waals surface area contributed by atoms with Gasteiger partial charge in [-0.3, -0.25) is 9.78 Å².